The SMILES string of the molecule is CC(=O)N(CCCN(C)C)c1ccc(N/C(=C2\C(=O)Nc3cc(Cl)ccc32)c2ccc(CCC(=O)O)cc2)cc1. The molecule has 0 spiro atoms. The maximum atomic E-state index is 13.2. The summed E-state index contributed by atoms with van der Waals surface area (Å²) in [5, 5.41) is 15.9. The first kappa shape index (κ1) is 28.9. The molecule has 3 aromatic rings. The van der Waals surface area contributed by atoms with Gasteiger partial charge in [-0.25, -0.2) is 0 Å². The molecule has 2 amide bonds. The number of fused-ring (bicyclic) bond motifs is 1. The fourth-order valence-electron chi connectivity index (χ4n) is 4.64. The van der Waals surface area contributed by atoms with Crippen molar-refractivity contribution in [2.75, 3.05) is 42.7 Å². The molecule has 1 aliphatic rings. The molecular formula is C31H33ClN4O4. The van der Waals surface area contributed by atoms with Crippen molar-refractivity contribution in [2.24, 2.45) is 0 Å². The number of anilines is 3. The van der Waals surface area contributed by atoms with Crippen molar-refractivity contribution in [3.05, 3.63) is 88.4 Å². The van der Waals surface area contributed by atoms with Crippen LogP contribution in [0.2, 0.25) is 5.02 Å². The van der Waals surface area contributed by atoms with E-state index in [0.717, 1.165) is 41.0 Å². The number of hydrogen-bond acceptors (Lipinski definition) is 5. The summed E-state index contributed by atoms with van der Waals surface area (Å²) >= 11 is 6.17. The number of nitrogens with one attached hydrogen (secondary N) is 2. The third-order valence-electron chi connectivity index (χ3n) is 6.66. The fourth-order valence-corrected chi connectivity index (χ4v) is 4.82. The lowest BCUT2D eigenvalue weighted by Gasteiger charge is -2.23. The van der Waals surface area contributed by atoms with E-state index in [1.165, 1.54) is 0 Å². The highest BCUT2D eigenvalue weighted by Crippen LogP contribution is 2.39. The number of hydrogen-bond donors (Lipinski definition) is 3. The molecule has 0 aliphatic carbocycles. The molecule has 4 rings (SSSR count). The first-order valence-corrected chi connectivity index (χ1v) is 13.5. The fraction of sp³-hybridized carbons (Fsp3) is 0.258. The standard InChI is InChI=1S/C31H33ClN4O4/c1-20(37)36(18-4-17-35(2)3)25-13-11-24(12-14-25)33-30(22-8-5-21(6-9-22)7-16-28(38)39)29-26-15-10-23(32)19-27(26)34-31(29)40/h5-6,8-15,19,33H,4,7,16-18H2,1-3H3,(H,34,40)(H,38,39)/b30-29-. The summed E-state index contributed by atoms with van der Waals surface area (Å²) in [7, 11) is 4.01. The molecule has 0 saturated heterocycles. The minimum atomic E-state index is -0.851. The topological polar surface area (TPSA) is 102 Å². The summed E-state index contributed by atoms with van der Waals surface area (Å²) in [5.41, 5.74) is 5.64. The van der Waals surface area contributed by atoms with Gasteiger partial charge in [-0.1, -0.05) is 41.9 Å². The Morgan fingerprint density at radius 2 is 1.68 bits per heavy atom. The van der Waals surface area contributed by atoms with Crippen LogP contribution in [0.1, 0.15) is 36.5 Å². The first-order chi connectivity index (χ1) is 19.1. The number of carbonyl (C=O) groups excluding carboxylic acids is 2. The van der Waals surface area contributed by atoms with Crippen molar-refractivity contribution < 1.29 is 19.5 Å². The molecule has 0 saturated carbocycles. The van der Waals surface area contributed by atoms with Gasteiger partial charge in [0.1, 0.15) is 0 Å². The molecule has 3 N–H and O–H groups in total. The number of benzene rings is 3. The molecule has 0 unspecified atom stereocenters. The highest BCUT2D eigenvalue weighted by molar-refractivity contribution is 6.38. The number of nitrogens with zero attached hydrogens (tertiary/aromatic N) is 2. The van der Waals surface area contributed by atoms with E-state index in [2.05, 4.69) is 15.5 Å². The van der Waals surface area contributed by atoms with Crippen molar-refractivity contribution in [1.82, 2.24) is 4.90 Å². The molecule has 40 heavy (non-hydrogen) atoms. The summed E-state index contributed by atoms with van der Waals surface area (Å²) in [4.78, 5) is 40.4. The van der Waals surface area contributed by atoms with Gasteiger partial charge in [0.05, 0.1) is 17.0 Å². The zero-order chi connectivity index (χ0) is 28.8. The quantitative estimate of drug-likeness (QED) is 0.264. The van der Waals surface area contributed by atoms with Crippen molar-refractivity contribution in [3.63, 3.8) is 0 Å². The summed E-state index contributed by atoms with van der Waals surface area (Å²) in [6.07, 6.45) is 1.31. The Morgan fingerprint density at radius 3 is 2.30 bits per heavy atom. The number of rotatable bonds is 11. The Kier molecular flexibility index (Phi) is 9.24. The second-order valence-electron chi connectivity index (χ2n) is 9.98. The second-order valence-corrected chi connectivity index (χ2v) is 10.4. The minimum Gasteiger partial charge on any atom is -0.481 e. The van der Waals surface area contributed by atoms with Gasteiger partial charge in [-0.3, -0.25) is 14.4 Å². The highest BCUT2D eigenvalue weighted by atomic mass is 35.5. The normalized spacial score (nSPS) is 13.6. The van der Waals surface area contributed by atoms with Crippen LogP contribution < -0.4 is 15.5 Å². The number of carbonyl (C=O) groups is 3. The Hall–Kier alpha value is -4.14. The van der Waals surface area contributed by atoms with E-state index in [4.69, 9.17) is 16.7 Å². The Labute approximate surface area is 239 Å². The Bertz CT molecular complexity index is 1430. The van der Waals surface area contributed by atoms with Gasteiger partial charge in [0, 0.05) is 41.9 Å². The summed E-state index contributed by atoms with van der Waals surface area (Å²) in [5.74, 6) is -1.13. The Balaban J connectivity index is 1.68. The van der Waals surface area contributed by atoms with Crippen LogP contribution in [0.3, 0.4) is 0 Å². The van der Waals surface area contributed by atoms with Crippen molar-refractivity contribution in [1.29, 1.82) is 0 Å². The summed E-state index contributed by atoms with van der Waals surface area (Å²) in [6, 6.07) is 20.3. The number of carboxylic acids is 1. The zero-order valence-electron chi connectivity index (χ0n) is 22.8. The van der Waals surface area contributed by atoms with E-state index in [9.17, 15) is 14.4 Å². The van der Waals surface area contributed by atoms with E-state index in [1.807, 2.05) is 68.7 Å². The van der Waals surface area contributed by atoms with Crippen LogP contribution in [-0.4, -0.2) is 55.0 Å². The van der Waals surface area contributed by atoms with E-state index >= 15 is 0 Å². The lowest BCUT2D eigenvalue weighted by atomic mass is 9.98. The third-order valence-corrected chi connectivity index (χ3v) is 6.90. The van der Waals surface area contributed by atoms with Crippen molar-refractivity contribution >= 4 is 57.7 Å². The minimum absolute atomic E-state index is 0.0249. The first-order valence-electron chi connectivity index (χ1n) is 13.1. The smallest absolute Gasteiger partial charge is 0.303 e. The van der Waals surface area contributed by atoms with Crippen LogP contribution >= 0.6 is 11.6 Å². The van der Waals surface area contributed by atoms with Crippen LogP contribution in [-0.2, 0) is 20.8 Å². The maximum absolute atomic E-state index is 13.2. The number of halogens is 1. The average molecular weight is 561 g/mol. The summed E-state index contributed by atoms with van der Waals surface area (Å²) in [6.45, 7) is 3.06. The molecule has 3 aromatic carbocycles. The molecular weight excluding hydrogens is 528 g/mol. The van der Waals surface area contributed by atoms with Crippen LogP contribution in [0.4, 0.5) is 17.1 Å². The van der Waals surface area contributed by atoms with Crippen LogP contribution in [0, 0.1) is 0 Å². The lowest BCUT2D eigenvalue weighted by molar-refractivity contribution is -0.137. The lowest BCUT2D eigenvalue weighted by Crippen LogP contribution is -2.31. The number of aliphatic carboxylic acids is 1. The second kappa shape index (κ2) is 12.8. The molecule has 0 bridgehead atoms. The van der Waals surface area contributed by atoms with Crippen LogP contribution in [0.25, 0.3) is 11.3 Å². The molecule has 0 atom stereocenters. The van der Waals surface area contributed by atoms with E-state index in [0.29, 0.717) is 34.9 Å². The van der Waals surface area contributed by atoms with E-state index < -0.39 is 5.97 Å². The van der Waals surface area contributed by atoms with Gasteiger partial charge in [0.15, 0.2) is 0 Å². The number of carboxylic acid groups (broad SMARTS) is 1. The molecule has 0 radical (unpaired) electrons. The molecule has 1 heterocycles. The van der Waals surface area contributed by atoms with Crippen LogP contribution in [0.5, 0.6) is 0 Å². The molecule has 1 aliphatic heterocycles. The van der Waals surface area contributed by atoms with Gasteiger partial charge in [-0.15, -0.1) is 0 Å². The predicted molar refractivity (Wildman–Crippen MR) is 161 cm³/mol. The van der Waals surface area contributed by atoms with Gasteiger partial charge in [0.2, 0.25) is 5.91 Å². The third kappa shape index (κ3) is 7.08. The number of aryl methyl sites for hydroxylation is 1. The molecule has 9 heteroatoms. The van der Waals surface area contributed by atoms with Crippen molar-refractivity contribution in [3.8, 4) is 0 Å². The molecule has 8 nitrogen and oxygen atoms in total. The van der Waals surface area contributed by atoms with Gasteiger partial charge < -0.3 is 25.5 Å². The Morgan fingerprint density at radius 1 is 0.975 bits per heavy atom. The maximum Gasteiger partial charge on any atom is 0.303 e. The molecule has 0 aromatic heterocycles. The average Bonchev–Trinajstić information content (AvgIpc) is 3.23. The largest absolute Gasteiger partial charge is 0.481 e. The van der Waals surface area contributed by atoms with E-state index in [-0.39, 0.29) is 18.2 Å². The summed E-state index contributed by atoms with van der Waals surface area (Å²) < 4.78 is 0. The highest BCUT2D eigenvalue weighted by Gasteiger charge is 2.28. The van der Waals surface area contributed by atoms with Crippen molar-refractivity contribution in [2.45, 2.75) is 26.2 Å². The van der Waals surface area contributed by atoms with Gasteiger partial charge in [-0.05, 0) is 81.0 Å². The van der Waals surface area contributed by atoms with Gasteiger partial charge >= 0.3 is 5.97 Å². The monoisotopic (exact) mass is 560 g/mol. The number of amides is 2. The van der Waals surface area contributed by atoms with Gasteiger partial charge in [-0.2, -0.15) is 0 Å². The van der Waals surface area contributed by atoms with E-state index in [1.54, 1.807) is 24.0 Å². The van der Waals surface area contributed by atoms with Gasteiger partial charge in [0.25, 0.3) is 5.91 Å². The predicted octanol–water partition coefficient (Wildman–Crippen LogP) is 5.59. The molecule has 0 fully saturated rings. The van der Waals surface area contributed by atoms with Crippen LogP contribution in [0.15, 0.2) is 66.7 Å². The zero-order valence-corrected chi connectivity index (χ0v) is 23.6. The molecule has 208 valence electrons.